The summed E-state index contributed by atoms with van der Waals surface area (Å²) in [6.07, 6.45) is 3.84. The monoisotopic (exact) mass is 472 g/mol. The van der Waals surface area contributed by atoms with E-state index < -0.39 is 31.9 Å². The van der Waals surface area contributed by atoms with Crippen molar-refractivity contribution < 1.29 is 26.4 Å². The first kappa shape index (κ1) is 20.1. The SMILES string of the molecule is CS(=O)(=O)NCc1csc2c1S(=O)(=O)N=C(C1C(=O)NC3C(C1=O)[C@H]1CC[C@@H]3C1)N2. The van der Waals surface area contributed by atoms with Gasteiger partial charge in [-0.15, -0.1) is 15.7 Å². The van der Waals surface area contributed by atoms with Gasteiger partial charge in [0.2, 0.25) is 15.9 Å². The number of piperidine rings is 1. The van der Waals surface area contributed by atoms with Crippen LogP contribution in [0.4, 0.5) is 5.00 Å². The summed E-state index contributed by atoms with van der Waals surface area (Å²) in [5.74, 6) is -2.01. The molecule has 2 aliphatic heterocycles. The minimum absolute atomic E-state index is 0.131. The molecule has 162 valence electrons. The molecule has 3 N–H and O–H groups in total. The molecule has 3 unspecified atom stereocenters. The van der Waals surface area contributed by atoms with Crippen molar-refractivity contribution in [2.75, 3.05) is 11.6 Å². The van der Waals surface area contributed by atoms with Crippen LogP contribution < -0.4 is 15.4 Å². The number of ketones is 1. The smallest absolute Gasteiger partial charge is 0.287 e. The van der Waals surface area contributed by atoms with Gasteiger partial charge in [0.1, 0.15) is 15.7 Å². The first-order valence-corrected chi connectivity index (χ1v) is 13.8. The second-order valence-corrected chi connectivity index (χ2v) is 12.6. The Kier molecular flexibility index (Phi) is 4.41. The predicted octanol–water partition coefficient (Wildman–Crippen LogP) is 0.0398. The summed E-state index contributed by atoms with van der Waals surface area (Å²) in [5, 5.41) is 7.52. The van der Waals surface area contributed by atoms with Crippen LogP contribution in [0, 0.1) is 23.7 Å². The number of Topliss-reactive ketones (excluding diaryl/α,β-unsaturated/α-hetero) is 1. The van der Waals surface area contributed by atoms with Gasteiger partial charge in [0.15, 0.2) is 11.7 Å². The maximum atomic E-state index is 13.2. The van der Waals surface area contributed by atoms with Crippen molar-refractivity contribution >= 4 is 53.9 Å². The Morgan fingerprint density at radius 2 is 2.00 bits per heavy atom. The van der Waals surface area contributed by atoms with E-state index in [1.165, 1.54) is 5.38 Å². The zero-order chi connectivity index (χ0) is 21.4. The third-order valence-corrected chi connectivity index (χ3v) is 9.60. The number of amides is 1. The lowest BCUT2D eigenvalue weighted by Crippen LogP contribution is -2.60. The Balaban J connectivity index is 1.46. The van der Waals surface area contributed by atoms with Crippen LogP contribution >= 0.6 is 11.3 Å². The Labute approximate surface area is 177 Å². The van der Waals surface area contributed by atoms with Crippen molar-refractivity contribution in [2.24, 2.45) is 28.1 Å². The molecule has 1 amide bonds. The average molecular weight is 473 g/mol. The van der Waals surface area contributed by atoms with Crippen molar-refractivity contribution in [1.82, 2.24) is 10.0 Å². The molecule has 10 nitrogen and oxygen atoms in total. The third kappa shape index (κ3) is 3.10. The Hall–Kier alpha value is -1.83. The fraction of sp³-hybridized carbons (Fsp3) is 0.588. The highest BCUT2D eigenvalue weighted by atomic mass is 32.2. The summed E-state index contributed by atoms with van der Waals surface area (Å²) in [6, 6.07) is -0.160. The molecule has 0 aromatic carbocycles. The molecule has 0 spiro atoms. The van der Waals surface area contributed by atoms with Gasteiger partial charge in [-0.1, -0.05) is 0 Å². The van der Waals surface area contributed by atoms with E-state index in [0.29, 0.717) is 5.92 Å². The number of nitrogens with one attached hydrogen (secondary N) is 3. The average Bonchev–Trinajstić information content (AvgIpc) is 3.33. The van der Waals surface area contributed by atoms with Gasteiger partial charge < -0.3 is 10.6 Å². The Morgan fingerprint density at radius 3 is 2.73 bits per heavy atom. The molecule has 1 aromatic rings. The third-order valence-electron chi connectivity index (χ3n) is 6.43. The largest absolute Gasteiger partial charge is 0.351 e. The van der Waals surface area contributed by atoms with Crippen molar-refractivity contribution in [2.45, 2.75) is 36.7 Å². The van der Waals surface area contributed by atoms with Crippen molar-refractivity contribution in [3.05, 3.63) is 10.9 Å². The fourth-order valence-electron chi connectivity index (χ4n) is 5.26. The summed E-state index contributed by atoms with van der Waals surface area (Å²) in [6.45, 7) is -0.202. The van der Waals surface area contributed by atoms with E-state index in [9.17, 15) is 26.4 Å². The van der Waals surface area contributed by atoms with E-state index in [0.717, 1.165) is 36.9 Å². The first-order chi connectivity index (χ1) is 14.0. The minimum atomic E-state index is -4.21. The molecule has 4 aliphatic rings. The van der Waals surface area contributed by atoms with E-state index in [-0.39, 0.29) is 51.5 Å². The predicted molar refractivity (Wildman–Crippen MR) is 109 cm³/mol. The molecule has 13 heteroatoms. The molecule has 0 radical (unpaired) electrons. The molecule has 1 saturated heterocycles. The number of nitrogens with zero attached hydrogens (tertiary/aromatic N) is 1. The van der Waals surface area contributed by atoms with Gasteiger partial charge in [0, 0.05) is 24.1 Å². The van der Waals surface area contributed by atoms with Gasteiger partial charge in [-0.25, -0.2) is 13.1 Å². The minimum Gasteiger partial charge on any atom is -0.351 e. The number of amidine groups is 1. The van der Waals surface area contributed by atoms with Crippen molar-refractivity contribution in [3.63, 3.8) is 0 Å². The van der Waals surface area contributed by atoms with Gasteiger partial charge >= 0.3 is 0 Å². The molecule has 2 bridgehead atoms. The fourth-order valence-corrected chi connectivity index (χ4v) is 8.32. The number of thiophene rings is 1. The Morgan fingerprint density at radius 1 is 1.27 bits per heavy atom. The van der Waals surface area contributed by atoms with Crippen LogP contribution in [-0.2, 0) is 36.2 Å². The molecule has 5 atom stereocenters. The molecule has 2 saturated carbocycles. The van der Waals surface area contributed by atoms with Crippen LogP contribution in [0.1, 0.15) is 24.8 Å². The number of sulfonamides is 2. The number of carbonyl (C=O) groups is 2. The maximum Gasteiger partial charge on any atom is 0.287 e. The van der Waals surface area contributed by atoms with Crippen molar-refractivity contribution in [1.29, 1.82) is 0 Å². The molecular weight excluding hydrogens is 452 g/mol. The molecule has 2 aliphatic carbocycles. The molecular formula is C17H20N4O6S3. The summed E-state index contributed by atoms with van der Waals surface area (Å²) < 4.78 is 54.4. The van der Waals surface area contributed by atoms with Crippen LogP contribution in [0.5, 0.6) is 0 Å². The van der Waals surface area contributed by atoms with Crippen molar-refractivity contribution in [3.8, 4) is 0 Å². The van der Waals surface area contributed by atoms with Crippen LogP contribution in [-0.4, -0.2) is 46.7 Å². The number of hydrogen-bond acceptors (Lipinski definition) is 8. The van der Waals surface area contributed by atoms with E-state index in [2.05, 4.69) is 19.8 Å². The van der Waals surface area contributed by atoms with Crippen LogP contribution in [0.2, 0.25) is 0 Å². The topological polar surface area (TPSA) is 151 Å². The quantitative estimate of drug-likeness (QED) is 0.523. The molecule has 5 rings (SSSR count). The van der Waals surface area contributed by atoms with Gasteiger partial charge in [0.25, 0.3) is 10.0 Å². The Bertz CT molecular complexity index is 1200. The lowest BCUT2D eigenvalue weighted by atomic mass is 9.74. The number of anilines is 1. The van der Waals surface area contributed by atoms with Gasteiger partial charge in [0.05, 0.1) is 6.26 Å². The summed E-state index contributed by atoms with van der Waals surface area (Å²) in [5.41, 5.74) is 0.253. The maximum absolute atomic E-state index is 13.2. The molecule has 30 heavy (non-hydrogen) atoms. The van der Waals surface area contributed by atoms with Crippen LogP contribution in [0.25, 0.3) is 0 Å². The van der Waals surface area contributed by atoms with Gasteiger partial charge in [-0.05, 0) is 36.5 Å². The number of fused-ring (bicyclic) bond motifs is 6. The standard InChI is InChI=1S/C17H20N4O6S3/c1-29(24,25)18-5-9-6-28-17-14(9)30(26,27)21-15(20-17)11-13(22)10-7-2-3-8(4-7)12(10)19-16(11)23/h6-8,10-12,18H,2-5H2,1H3,(H,19,23)(H,20,21)/t7-,8+,10?,11?,12?/m0/s1. The normalized spacial score (nSPS) is 34.0. The lowest BCUT2D eigenvalue weighted by molar-refractivity contribution is -0.140. The number of carbonyl (C=O) groups excluding carboxylic acids is 2. The number of hydrogen-bond donors (Lipinski definition) is 3. The van der Waals surface area contributed by atoms with E-state index in [1.807, 2.05) is 0 Å². The molecule has 3 fully saturated rings. The highest BCUT2D eigenvalue weighted by Gasteiger charge is 2.57. The van der Waals surface area contributed by atoms with E-state index in [1.54, 1.807) is 0 Å². The summed E-state index contributed by atoms with van der Waals surface area (Å²) >= 11 is 1.06. The van der Waals surface area contributed by atoms with E-state index >= 15 is 0 Å². The molecule has 3 heterocycles. The van der Waals surface area contributed by atoms with Crippen LogP contribution in [0.15, 0.2) is 14.7 Å². The zero-order valence-corrected chi connectivity index (χ0v) is 18.4. The second-order valence-electron chi connectivity index (χ2n) is 8.32. The zero-order valence-electron chi connectivity index (χ0n) is 15.9. The van der Waals surface area contributed by atoms with Gasteiger partial charge in [-0.2, -0.15) is 8.42 Å². The molecule has 1 aromatic heterocycles. The number of rotatable bonds is 4. The van der Waals surface area contributed by atoms with E-state index in [4.69, 9.17) is 0 Å². The summed E-state index contributed by atoms with van der Waals surface area (Å²) in [7, 11) is -7.72. The van der Waals surface area contributed by atoms with Gasteiger partial charge in [-0.3, -0.25) is 9.59 Å². The summed E-state index contributed by atoms with van der Waals surface area (Å²) in [4.78, 5) is 25.8. The second kappa shape index (κ2) is 6.58. The highest BCUT2D eigenvalue weighted by molar-refractivity contribution is 7.91. The highest BCUT2D eigenvalue weighted by Crippen LogP contribution is 2.51. The lowest BCUT2D eigenvalue weighted by Gasteiger charge is -2.38. The first-order valence-electron chi connectivity index (χ1n) is 9.56. The van der Waals surface area contributed by atoms with Crippen LogP contribution in [0.3, 0.4) is 0 Å².